The highest BCUT2D eigenvalue weighted by molar-refractivity contribution is 4.55. The van der Waals surface area contributed by atoms with E-state index in [-0.39, 0.29) is 48.0 Å². The van der Waals surface area contributed by atoms with Crippen LogP contribution in [0.25, 0.3) is 0 Å². The molecule has 0 aliphatic carbocycles. The summed E-state index contributed by atoms with van der Waals surface area (Å²) in [7, 11) is 6.90. The van der Waals surface area contributed by atoms with E-state index in [0.717, 1.165) is 4.48 Å². The Balaban J connectivity index is 0. The van der Waals surface area contributed by atoms with Crippen LogP contribution in [0.15, 0.2) is 0 Å². The number of hydrogen-bond donors (Lipinski definition) is 0. The van der Waals surface area contributed by atoms with E-state index in [2.05, 4.69) is 28.1 Å². The summed E-state index contributed by atoms with van der Waals surface area (Å²) in [5.41, 5.74) is 0. The molecule has 1 aliphatic rings. The quantitative estimate of drug-likeness (QED) is 0.181. The van der Waals surface area contributed by atoms with Crippen molar-refractivity contribution >= 4 is 0 Å². The molecule has 1 heterocycles. The van der Waals surface area contributed by atoms with Gasteiger partial charge in [-0.05, 0) is 51.4 Å². The molecular formula is C17H38I2N2. The van der Waals surface area contributed by atoms with Crippen molar-refractivity contribution in [2.24, 2.45) is 0 Å². The number of nitrogens with zero attached hydrogens (tertiary/aromatic N) is 2. The molecule has 0 aromatic rings. The third-order valence-electron chi connectivity index (χ3n) is 4.67. The molecule has 21 heavy (non-hydrogen) atoms. The van der Waals surface area contributed by atoms with Crippen LogP contribution in [-0.2, 0) is 0 Å². The number of quaternary nitrogens is 2. The maximum atomic E-state index is 2.36. The van der Waals surface area contributed by atoms with Gasteiger partial charge in [0.1, 0.15) is 0 Å². The van der Waals surface area contributed by atoms with Crippen molar-refractivity contribution < 1.29 is 56.9 Å². The highest BCUT2D eigenvalue weighted by Gasteiger charge is 2.27. The zero-order valence-corrected chi connectivity index (χ0v) is 19.2. The Morgan fingerprint density at radius 3 is 1.86 bits per heavy atom. The van der Waals surface area contributed by atoms with E-state index in [1.807, 2.05) is 0 Å². The van der Waals surface area contributed by atoms with Gasteiger partial charge in [0, 0.05) is 0 Å². The number of hydrogen-bond acceptors (Lipinski definition) is 0. The van der Waals surface area contributed by atoms with Crippen LogP contribution in [0.3, 0.4) is 0 Å². The van der Waals surface area contributed by atoms with Crippen LogP contribution in [0, 0.1) is 0 Å². The molecule has 1 fully saturated rings. The summed E-state index contributed by atoms with van der Waals surface area (Å²) in [6.07, 6.45) is 11.5. The summed E-state index contributed by atoms with van der Waals surface area (Å²) < 4.78 is 2.57. The van der Waals surface area contributed by atoms with E-state index in [4.69, 9.17) is 0 Å². The largest absolute Gasteiger partial charge is 1.00 e. The van der Waals surface area contributed by atoms with Gasteiger partial charge in [-0.25, -0.2) is 0 Å². The molecule has 0 spiro atoms. The number of unbranched alkanes of at least 4 members (excludes halogenated alkanes) is 3. The number of rotatable bonds is 9. The lowest BCUT2D eigenvalue weighted by atomic mass is 10.0. The average Bonchev–Trinajstić information content (AvgIpc) is 2.34. The molecule has 0 radical (unpaired) electrons. The zero-order chi connectivity index (χ0) is 14.2. The lowest BCUT2D eigenvalue weighted by Crippen LogP contribution is -3.00. The molecule has 0 N–H and O–H groups in total. The Morgan fingerprint density at radius 2 is 1.33 bits per heavy atom. The smallest absolute Gasteiger partial charge is 0.0786 e. The van der Waals surface area contributed by atoms with Crippen LogP contribution < -0.4 is 48.0 Å². The molecule has 2 nitrogen and oxygen atoms in total. The summed E-state index contributed by atoms with van der Waals surface area (Å²) in [5.74, 6) is 0. The topological polar surface area (TPSA) is 0 Å². The molecule has 0 aromatic carbocycles. The summed E-state index contributed by atoms with van der Waals surface area (Å²) in [6, 6.07) is 0. The molecule has 0 atom stereocenters. The Bertz CT molecular complexity index is 228. The van der Waals surface area contributed by atoms with Gasteiger partial charge >= 0.3 is 0 Å². The van der Waals surface area contributed by atoms with Crippen molar-refractivity contribution in [2.75, 3.05) is 53.9 Å². The third kappa shape index (κ3) is 11.5. The van der Waals surface area contributed by atoms with Crippen LogP contribution in [-0.4, -0.2) is 62.8 Å². The Labute approximate surface area is 168 Å². The fraction of sp³-hybridized carbons (Fsp3) is 1.00. The van der Waals surface area contributed by atoms with Crippen molar-refractivity contribution in [3.63, 3.8) is 0 Å². The normalized spacial score (nSPS) is 17.7. The maximum Gasteiger partial charge on any atom is 0.0786 e. The van der Waals surface area contributed by atoms with Gasteiger partial charge in [0.15, 0.2) is 0 Å². The fourth-order valence-corrected chi connectivity index (χ4v) is 3.60. The van der Waals surface area contributed by atoms with E-state index in [1.54, 1.807) is 0 Å². The third-order valence-corrected chi connectivity index (χ3v) is 4.67. The lowest BCUT2D eigenvalue weighted by Gasteiger charge is -2.41. The summed E-state index contributed by atoms with van der Waals surface area (Å²) in [4.78, 5) is 0. The molecule has 0 saturated carbocycles. The molecular weight excluding hydrogens is 486 g/mol. The van der Waals surface area contributed by atoms with Gasteiger partial charge in [0.25, 0.3) is 0 Å². The molecule has 4 heteroatoms. The summed E-state index contributed by atoms with van der Waals surface area (Å²) in [5, 5.41) is 0. The molecule has 0 bridgehead atoms. The minimum absolute atomic E-state index is 0. The van der Waals surface area contributed by atoms with E-state index in [0.29, 0.717) is 0 Å². The van der Waals surface area contributed by atoms with Gasteiger partial charge < -0.3 is 56.9 Å². The minimum Gasteiger partial charge on any atom is -1.00 e. The average molecular weight is 524 g/mol. The Hall–Kier alpha value is 1.38. The van der Waals surface area contributed by atoms with Crippen LogP contribution >= 0.6 is 0 Å². The molecule has 130 valence electrons. The first-order valence-electron chi connectivity index (χ1n) is 8.63. The van der Waals surface area contributed by atoms with Gasteiger partial charge in [-0.15, -0.1) is 0 Å². The summed E-state index contributed by atoms with van der Waals surface area (Å²) in [6.45, 7) is 9.50. The first-order chi connectivity index (χ1) is 8.97. The molecule has 0 aromatic heterocycles. The standard InChI is InChI=1S/C17H38N2.2HI/c1-5-13-19(16-11-8-12-17-19)15-10-7-6-9-14-18(2,3)4;;/h5-17H2,1-4H3;2*1H/q+2;;/p-2. The maximum absolute atomic E-state index is 2.36. The van der Waals surface area contributed by atoms with E-state index in [9.17, 15) is 0 Å². The predicted octanol–water partition coefficient (Wildman–Crippen LogP) is -2.33. The van der Waals surface area contributed by atoms with Gasteiger partial charge in [0.05, 0.1) is 53.9 Å². The van der Waals surface area contributed by atoms with Crippen molar-refractivity contribution in [1.29, 1.82) is 0 Å². The van der Waals surface area contributed by atoms with Crippen LogP contribution in [0.1, 0.15) is 58.3 Å². The van der Waals surface area contributed by atoms with Gasteiger partial charge in [0.2, 0.25) is 0 Å². The van der Waals surface area contributed by atoms with Crippen molar-refractivity contribution in [2.45, 2.75) is 58.3 Å². The minimum atomic E-state index is 0. The van der Waals surface area contributed by atoms with Crippen molar-refractivity contribution in [3.05, 3.63) is 0 Å². The number of halogens is 2. The number of likely N-dealkylation sites (tertiary alicyclic amines) is 1. The molecule has 1 rings (SSSR count). The predicted molar refractivity (Wildman–Crippen MR) is 85.2 cm³/mol. The molecule has 0 unspecified atom stereocenters. The Morgan fingerprint density at radius 1 is 0.762 bits per heavy atom. The van der Waals surface area contributed by atoms with Crippen LogP contribution in [0.5, 0.6) is 0 Å². The summed E-state index contributed by atoms with van der Waals surface area (Å²) >= 11 is 0. The van der Waals surface area contributed by atoms with Crippen molar-refractivity contribution in [3.8, 4) is 0 Å². The first-order valence-corrected chi connectivity index (χ1v) is 8.63. The second kappa shape index (κ2) is 12.8. The van der Waals surface area contributed by atoms with Gasteiger partial charge in [-0.3, -0.25) is 0 Å². The first kappa shape index (κ1) is 24.6. The Kier molecular flexibility index (Phi) is 15.0. The molecule has 1 aliphatic heterocycles. The van der Waals surface area contributed by atoms with Crippen molar-refractivity contribution in [1.82, 2.24) is 0 Å². The van der Waals surface area contributed by atoms with Crippen LogP contribution in [0.2, 0.25) is 0 Å². The monoisotopic (exact) mass is 524 g/mol. The molecule has 1 saturated heterocycles. The van der Waals surface area contributed by atoms with Gasteiger partial charge in [-0.1, -0.05) is 6.92 Å². The highest BCUT2D eigenvalue weighted by atomic mass is 127. The molecule has 0 amide bonds. The van der Waals surface area contributed by atoms with Crippen LogP contribution in [0.4, 0.5) is 0 Å². The second-order valence-corrected chi connectivity index (χ2v) is 7.72. The number of piperidine rings is 1. The van der Waals surface area contributed by atoms with E-state index in [1.165, 1.54) is 88.6 Å². The van der Waals surface area contributed by atoms with E-state index >= 15 is 0 Å². The zero-order valence-electron chi connectivity index (χ0n) is 14.8. The van der Waals surface area contributed by atoms with E-state index < -0.39 is 0 Å². The SMILES string of the molecule is CCC[N+]1(CCCCCC[N+](C)(C)C)CCCCC1.[I-].[I-]. The second-order valence-electron chi connectivity index (χ2n) is 7.72. The van der Waals surface area contributed by atoms with Gasteiger partial charge in [-0.2, -0.15) is 0 Å². The lowest BCUT2D eigenvalue weighted by molar-refractivity contribution is -0.932. The fourth-order valence-electron chi connectivity index (χ4n) is 3.60. The highest BCUT2D eigenvalue weighted by Crippen LogP contribution is 2.21.